The molecule has 3 aromatic rings. The maximum atomic E-state index is 13.6. The van der Waals surface area contributed by atoms with Crippen molar-refractivity contribution in [2.24, 2.45) is 0 Å². The molecule has 0 aliphatic carbocycles. The minimum absolute atomic E-state index is 0.0454. The van der Waals surface area contributed by atoms with Crippen LogP contribution < -0.4 is 5.32 Å². The molecule has 1 aromatic carbocycles. The highest BCUT2D eigenvalue weighted by molar-refractivity contribution is 5.93. The molecule has 1 amide bonds. The zero-order valence-corrected chi connectivity index (χ0v) is 14.7. The Morgan fingerprint density at radius 1 is 1.25 bits per heavy atom. The smallest absolute Gasteiger partial charge is 0.376 e. The monoisotopic (exact) mass is 390 g/mol. The minimum Gasteiger partial charge on any atom is -0.376 e. The van der Waals surface area contributed by atoms with Crippen LogP contribution >= 0.6 is 0 Å². The first-order valence-electron chi connectivity index (χ1n) is 8.85. The number of alkyl halides is 3. The molecule has 0 saturated carbocycles. The maximum Gasteiger partial charge on any atom is 0.433 e. The second-order valence-electron chi connectivity index (χ2n) is 6.54. The number of amides is 1. The van der Waals surface area contributed by atoms with Crippen molar-refractivity contribution in [3.05, 3.63) is 53.9 Å². The molecule has 2 aromatic heterocycles. The molecule has 4 rings (SSSR count). The van der Waals surface area contributed by atoms with Gasteiger partial charge in [-0.3, -0.25) is 4.79 Å². The summed E-state index contributed by atoms with van der Waals surface area (Å²) >= 11 is 0. The number of ether oxygens (including phenoxy) is 1. The molecule has 146 valence electrons. The van der Waals surface area contributed by atoms with E-state index in [9.17, 15) is 18.0 Å². The van der Waals surface area contributed by atoms with E-state index in [-0.39, 0.29) is 23.1 Å². The number of nitrogens with one attached hydrogen (secondary N) is 1. The summed E-state index contributed by atoms with van der Waals surface area (Å²) < 4.78 is 46.8. The van der Waals surface area contributed by atoms with Crippen LogP contribution in [0.5, 0.6) is 0 Å². The molecular formula is C19H17F3N4O2. The number of hydrogen-bond donors (Lipinski definition) is 1. The Hall–Kier alpha value is -2.94. The predicted octanol–water partition coefficient (Wildman–Crippen LogP) is 3.32. The molecule has 0 unspecified atom stereocenters. The van der Waals surface area contributed by atoms with Crippen LogP contribution in [-0.4, -0.2) is 39.8 Å². The van der Waals surface area contributed by atoms with Crippen molar-refractivity contribution in [2.45, 2.75) is 25.1 Å². The van der Waals surface area contributed by atoms with Crippen molar-refractivity contribution in [1.82, 2.24) is 19.9 Å². The number of benzene rings is 1. The predicted molar refractivity (Wildman–Crippen MR) is 94.7 cm³/mol. The summed E-state index contributed by atoms with van der Waals surface area (Å²) in [5.74, 6) is -0.560. The first kappa shape index (κ1) is 18.4. The molecule has 9 heteroatoms. The number of halogens is 3. The first-order valence-corrected chi connectivity index (χ1v) is 8.85. The molecule has 1 fully saturated rings. The number of rotatable bonds is 4. The Bertz CT molecular complexity index is 996. The normalized spacial score (nSPS) is 17.2. The van der Waals surface area contributed by atoms with Gasteiger partial charge in [-0.05, 0) is 18.9 Å². The average Bonchev–Trinajstić information content (AvgIpc) is 3.34. The van der Waals surface area contributed by atoms with Gasteiger partial charge in [0.2, 0.25) is 0 Å². The van der Waals surface area contributed by atoms with Crippen molar-refractivity contribution in [3.8, 4) is 11.3 Å². The Labute approximate surface area is 158 Å². The minimum atomic E-state index is -4.65. The van der Waals surface area contributed by atoms with Gasteiger partial charge in [-0.25, -0.2) is 9.50 Å². The molecule has 1 atom stereocenters. The molecule has 0 radical (unpaired) electrons. The van der Waals surface area contributed by atoms with Crippen molar-refractivity contribution in [2.75, 3.05) is 13.2 Å². The van der Waals surface area contributed by atoms with Crippen molar-refractivity contribution >= 4 is 11.6 Å². The molecule has 1 saturated heterocycles. The van der Waals surface area contributed by atoms with Gasteiger partial charge in [0, 0.05) is 24.8 Å². The van der Waals surface area contributed by atoms with Gasteiger partial charge < -0.3 is 10.1 Å². The number of carbonyl (C=O) groups excluding carboxylic acids is 1. The third-order valence-corrected chi connectivity index (χ3v) is 4.53. The lowest BCUT2D eigenvalue weighted by molar-refractivity contribution is -0.142. The lowest BCUT2D eigenvalue weighted by Gasteiger charge is -2.11. The van der Waals surface area contributed by atoms with Gasteiger partial charge in [0.25, 0.3) is 5.91 Å². The Balaban J connectivity index is 1.69. The maximum absolute atomic E-state index is 13.6. The summed E-state index contributed by atoms with van der Waals surface area (Å²) in [5, 5.41) is 6.50. The van der Waals surface area contributed by atoms with E-state index in [1.165, 1.54) is 6.07 Å². The molecular weight excluding hydrogens is 373 g/mol. The molecule has 6 nitrogen and oxygen atoms in total. The zero-order valence-electron chi connectivity index (χ0n) is 14.7. The topological polar surface area (TPSA) is 68.5 Å². The van der Waals surface area contributed by atoms with Crippen molar-refractivity contribution in [3.63, 3.8) is 0 Å². The van der Waals surface area contributed by atoms with Crippen LogP contribution in [0.15, 0.2) is 42.5 Å². The summed E-state index contributed by atoms with van der Waals surface area (Å²) in [7, 11) is 0. The highest BCUT2D eigenvalue weighted by Crippen LogP contribution is 2.32. The van der Waals surface area contributed by atoms with Crippen LogP contribution in [0.1, 0.15) is 29.0 Å². The third-order valence-electron chi connectivity index (χ3n) is 4.53. The second kappa shape index (κ2) is 7.23. The van der Waals surface area contributed by atoms with E-state index in [1.807, 2.05) is 0 Å². The highest BCUT2D eigenvalue weighted by Gasteiger charge is 2.35. The van der Waals surface area contributed by atoms with Crippen LogP contribution in [0.2, 0.25) is 0 Å². The standard InChI is InChI=1S/C19H17F3N4O2/c20-19(21,22)16-9-14(12-5-2-1-3-6-12)24-17-10-15(25-26(16)17)18(27)23-11-13-7-4-8-28-13/h1-3,5-6,9-10,13H,4,7-8,11H2,(H,23,27)/t13-/m0/s1. The van der Waals surface area contributed by atoms with Crippen molar-refractivity contribution < 1.29 is 22.7 Å². The van der Waals surface area contributed by atoms with Crippen molar-refractivity contribution in [1.29, 1.82) is 0 Å². The molecule has 28 heavy (non-hydrogen) atoms. The Morgan fingerprint density at radius 2 is 2.04 bits per heavy atom. The van der Waals surface area contributed by atoms with E-state index in [2.05, 4.69) is 15.4 Å². The molecule has 3 heterocycles. The molecule has 0 bridgehead atoms. The van der Waals surface area contributed by atoms with E-state index in [4.69, 9.17) is 4.74 Å². The third kappa shape index (κ3) is 3.70. The van der Waals surface area contributed by atoms with Gasteiger partial charge in [-0.15, -0.1) is 0 Å². The number of aromatic nitrogens is 3. The van der Waals surface area contributed by atoms with Gasteiger partial charge in [0.1, 0.15) is 0 Å². The number of nitrogens with zero attached hydrogens (tertiary/aromatic N) is 3. The Morgan fingerprint density at radius 3 is 2.71 bits per heavy atom. The summed E-state index contributed by atoms with van der Waals surface area (Å²) in [6.45, 7) is 0.942. The zero-order chi connectivity index (χ0) is 19.7. The van der Waals surface area contributed by atoms with Crippen LogP contribution in [-0.2, 0) is 10.9 Å². The summed E-state index contributed by atoms with van der Waals surface area (Å²) in [6, 6.07) is 10.7. The van der Waals surface area contributed by atoms with Crippen LogP contribution in [0.25, 0.3) is 16.9 Å². The number of hydrogen-bond acceptors (Lipinski definition) is 4. The van der Waals surface area contributed by atoms with Gasteiger partial charge in [0.05, 0.1) is 11.8 Å². The SMILES string of the molecule is O=C(NC[C@@H]1CCCO1)c1cc2nc(-c3ccccc3)cc(C(F)(F)F)n2n1. The molecule has 1 aliphatic rings. The quantitative estimate of drug-likeness (QED) is 0.742. The van der Waals surface area contributed by atoms with Crippen LogP contribution in [0, 0.1) is 0 Å². The lowest BCUT2D eigenvalue weighted by Crippen LogP contribution is -2.32. The number of carbonyl (C=O) groups is 1. The molecule has 0 spiro atoms. The highest BCUT2D eigenvalue weighted by atomic mass is 19.4. The lowest BCUT2D eigenvalue weighted by atomic mass is 10.1. The largest absolute Gasteiger partial charge is 0.433 e. The summed E-state index contributed by atoms with van der Waals surface area (Å²) in [6.07, 6.45) is -2.96. The van der Waals surface area contributed by atoms with E-state index in [1.54, 1.807) is 30.3 Å². The summed E-state index contributed by atoms with van der Waals surface area (Å²) in [4.78, 5) is 16.6. The van der Waals surface area contributed by atoms with Gasteiger partial charge in [-0.1, -0.05) is 30.3 Å². The number of fused-ring (bicyclic) bond motifs is 1. The molecule has 1 aliphatic heterocycles. The Kier molecular flexibility index (Phi) is 4.76. The van der Waals surface area contributed by atoms with Gasteiger partial charge in [-0.2, -0.15) is 18.3 Å². The van der Waals surface area contributed by atoms with Crippen LogP contribution in [0.3, 0.4) is 0 Å². The van der Waals surface area contributed by atoms with Crippen LogP contribution in [0.4, 0.5) is 13.2 Å². The van der Waals surface area contributed by atoms with Gasteiger partial charge in [0.15, 0.2) is 17.0 Å². The first-order chi connectivity index (χ1) is 13.4. The van der Waals surface area contributed by atoms with Gasteiger partial charge >= 0.3 is 6.18 Å². The molecule has 1 N–H and O–H groups in total. The fraction of sp³-hybridized carbons (Fsp3) is 0.316. The van der Waals surface area contributed by atoms with E-state index >= 15 is 0 Å². The van der Waals surface area contributed by atoms with E-state index in [0.29, 0.717) is 23.2 Å². The fourth-order valence-electron chi connectivity index (χ4n) is 3.15. The van der Waals surface area contributed by atoms with E-state index in [0.717, 1.165) is 18.9 Å². The second-order valence-corrected chi connectivity index (χ2v) is 6.54. The van der Waals surface area contributed by atoms with E-state index < -0.39 is 17.8 Å². The summed E-state index contributed by atoms with van der Waals surface area (Å²) in [5.41, 5.74) is -0.459. The fourth-order valence-corrected chi connectivity index (χ4v) is 3.15. The average molecular weight is 390 g/mol.